The number of carbonyl (C=O) groups excluding carboxylic acids is 2. The molecule has 0 atom stereocenters. The lowest BCUT2D eigenvalue weighted by atomic mass is 10.1. The van der Waals surface area contributed by atoms with Crippen LogP contribution < -0.4 is 4.90 Å². The molecule has 0 aromatic heterocycles. The maximum Gasteiger partial charge on any atom is 0.340 e. The first kappa shape index (κ1) is 19.1. The molecule has 1 saturated carbocycles. The Morgan fingerprint density at radius 3 is 2.74 bits per heavy atom. The van der Waals surface area contributed by atoms with E-state index in [1.165, 1.54) is 24.1 Å². The highest BCUT2D eigenvalue weighted by Crippen LogP contribution is 2.34. The number of esters is 1. The fraction of sp³-hybridized carbons (Fsp3) is 0.364. The van der Waals surface area contributed by atoms with Gasteiger partial charge in [-0.3, -0.25) is 4.79 Å². The molecule has 3 rings (SSSR count). The molecule has 0 aliphatic heterocycles. The smallest absolute Gasteiger partial charge is 0.340 e. The molecule has 0 saturated heterocycles. The van der Waals surface area contributed by atoms with Crippen LogP contribution in [0, 0.1) is 11.7 Å². The molecule has 0 bridgehead atoms. The number of carbonyl (C=O) groups is 2. The number of methoxy groups -OCH3 is 1. The number of rotatable bonds is 6. The van der Waals surface area contributed by atoms with E-state index in [1.807, 2.05) is 18.2 Å². The number of hydrogen-bond acceptors (Lipinski definition) is 3. The van der Waals surface area contributed by atoms with Crippen LogP contribution in [0.2, 0.25) is 0 Å². The lowest BCUT2D eigenvalue weighted by Crippen LogP contribution is -2.34. The Hall–Kier alpha value is -2.69. The quantitative estimate of drug-likeness (QED) is 0.690. The SMILES string of the molecule is COC(=O)c1cccc(N(CCC2CC2)C(=O)C2=C/C=C\CCC=C2)c1F. The van der Waals surface area contributed by atoms with Crippen LogP contribution in [0.3, 0.4) is 0 Å². The molecular formula is C22H24FNO3. The van der Waals surface area contributed by atoms with Gasteiger partial charge in [0.15, 0.2) is 5.82 Å². The maximum absolute atomic E-state index is 15.0. The molecule has 27 heavy (non-hydrogen) atoms. The first-order chi connectivity index (χ1) is 13.1. The number of anilines is 1. The van der Waals surface area contributed by atoms with Gasteiger partial charge in [0.05, 0.1) is 18.4 Å². The molecule has 1 aromatic rings. The zero-order chi connectivity index (χ0) is 19.2. The van der Waals surface area contributed by atoms with E-state index in [-0.39, 0.29) is 17.2 Å². The summed E-state index contributed by atoms with van der Waals surface area (Å²) >= 11 is 0. The molecule has 0 spiro atoms. The number of ether oxygens (including phenoxy) is 1. The molecule has 1 amide bonds. The average Bonchev–Trinajstić information content (AvgIpc) is 3.46. The Bertz CT molecular complexity index is 806. The van der Waals surface area contributed by atoms with Crippen LogP contribution in [0.4, 0.5) is 10.1 Å². The van der Waals surface area contributed by atoms with Gasteiger partial charge >= 0.3 is 5.97 Å². The van der Waals surface area contributed by atoms with Crippen molar-refractivity contribution in [1.29, 1.82) is 0 Å². The summed E-state index contributed by atoms with van der Waals surface area (Å²) in [5.41, 5.74) is 0.454. The molecule has 5 heteroatoms. The van der Waals surface area contributed by atoms with Gasteiger partial charge < -0.3 is 9.64 Å². The summed E-state index contributed by atoms with van der Waals surface area (Å²) in [6, 6.07) is 4.48. The molecule has 0 radical (unpaired) electrons. The largest absolute Gasteiger partial charge is 0.465 e. The van der Waals surface area contributed by atoms with Gasteiger partial charge in [0.1, 0.15) is 0 Å². The topological polar surface area (TPSA) is 46.6 Å². The summed E-state index contributed by atoms with van der Waals surface area (Å²) in [5, 5.41) is 0. The zero-order valence-corrected chi connectivity index (χ0v) is 15.5. The summed E-state index contributed by atoms with van der Waals surface area (Å²) in [5.74, 6) is -1.15. The monoisotopic (exact) mass is 369 g/mol. The van der Waals surface area contributed by atoms with Crippen LogP contribution >= 0.6 is 0 Å². The van der Waals surface area contributed by atoms with Gasteiger partial charge in [-0.25, -0.2) is 9.18 Å². The number of benzene rings is 1. The predicted octanol–water partition coefficient (Wildman–Crippen LogP) is 4.58. The van der Waals surface area contributed by atoms with Crippen molar-refractivity contribution >= 4 is 17.6 Å². The van der Waals surface area contributed by atoms with Crippen LogP contribution in [-0.2, 0) is 9.53 Å². The molecule has 1 aromatic carbocycles. The van der Waals surface area contributed by atoms with Crippen molar-refractivity contribution in [3.63, 3.8) is 0 Å². The third-order valence-electron chi connectivity index (χ3n) is 4.83. The number of allylic oxidation sites excluding steroid dienone is 4. The van der Waals surface area contributed by atoms with Gasteiger partial charge in [-0.15, -0.1) is 0 Å². The van der Waals surface area contributed by atoms with Crippen molar-refractivity contribution < 1.29 is 18.7 Å². The summed E-state index contributed by atoms with van der Waals surface area (Å²) in [7, 11) is 1.21. The minimum atomic E-state index is -0.753. The Balaban J connectivity index is 1.95. The van der Waals surface area contributed by atoms with Crippen molar-refractivity contribution in [1.82, 2.24) is 0 Å². The normalized spacial score (nSPS) is 17.5. The van der Waals surface area contributed by atoms with Gasteiger partial charge in [0, 0.05) is 12.1 Å². The van der Waals surface area contributed by atoms with Crippen molar-refractivity contribution in [2.24, 2.45) is 5.92 Å². The van der Waals surface area contributed by atoms with Crippen molar-refractivity contribution in [3.8, 4) is 0 Å². The number of halogens is 1. The van der Waals surface area contributed by atoms with Gasteiger partial charge in [-0.05, 0) is 43.4 Å². The predicted molar refractivity (Wildman–Crippen MR) is 103 cm³/mol. The van der Waals surface area contributed by atoms with Crippen LogP contribution in [0.5, 0.6) is 0 Å². The second kappa shape index (κ2) is 8.80. The van der Waals surface area contributed by atoms with Crippen molar-refractivity contribution in [2.45, 2.75) is 32.1 Å². The van der Waals surface area contributed by atoms with E-state index in [1.54, 1.807) is 18.2 Å². The summed E-state index contributed by atoms with van der Waals surface area (Å²) in [6.07, 6.45) is 14.3. The second-order valence-corrected chi connectivity index (χ2v) is 6.85. The maximum atomic E-state index is 15.0. The van der Waals surface area contributed by atoms with Gasteiger partial charge in [0.25, 0.3) is 5.91 Å². The first-order valence-corrected chi connectivity index (χ1v) is 9.34. The molecule has 0 heterocycles. The van der Waals surface area contributed by atoms with Crippen LogP contribution in [0.1, 0.15) is 42.5 Å². The van der Waals surface area contributed by atoms with Crippen molar-refractivity contribution in [2.75, 3.05) is 18.6 Å². The molecule has 142 valence electrons. The summed E-state index contributed by atoms with van der Waals surface area (Å²) in [6.45, 7) is 0.417. The Labute approximate surface area is 159 Å². The molecule has 1 fully saturated rings. The highest BCUT2D eigenvalue weighted by Gasteiger charge is 2.28. The van der Waals surface area contributed by atoms with Crippen LogP contribution in [0.25, 0.3) is 0 Å². The van der Waals surface area contributed by atoms with E-state index in [0.717, 1.165) is 32.1 Å². The van der Waals surface area contributed by atoms with Crippen LogP contribution in [0.15, 0.2) is 54.2 Å². The van der Waals surface area contributed by atoms with Gasteiger partial charge in [0.2, 0.25) is 0 Å². The number of nitrogens with zero attached hydrogens (tertiary/aromatic N) is 1. The highest BCUT2D eigenvalue weighted by molar-refractivity contribution is 6.08. The Morgan fingerprint density at radius 2 is 2.00 bits per heavy atom. The fourth-order valence-corrected chi connectivity index (χ4v) is 3.07. The minimum Gasteiger partial charge on any atom is -0.465 e. The minimum absolute atomic E-state index is 0.115. The standard InChI is InChI=1S/C22H24FNO3/c1-27-22(26)18-10-7-11-19(20(18)23)24(15-14-16-12-13-16)21(25)17-8-5-3-2-4-6-9-17/h3,5-11,16H,2,4,12-15H2,1H3/b5-3-,9-6?,17-8?. The number of hydrogen-bond donors (Lipinski definition) is 0. The van der Waals surface area contributed by atoms with E-state index in [2.05, 4.69) is 4.74 Å². The van der Waals surface area contributed by atoms with Crippen molar-refractivity contribution in [3.05, 3.63) is 65.5 Å². The molecular weight excluding hydrogens is 345 g/mol. The fourth-order valence-electron chi connectivity index (χ4n) is 3.07. The molecule has 0 unspecified atom stereocenters. The average molecular weight is 369 g/mol. The first-order valence-electron chi connectivity index (χ1n) is 9.34. The lowest BCUT2D eigenvalue weighted by Gasteiger charge is -2.24. The van der Waals surface area contributed by atoms with E-state index in [4.69, 9.17) is 0 Å². The van der Waals surface area contributed by atoms with Gasteiger partial charge in [-0.1, -0.05) is 43.2 Å². The third-order valence-corrected chi connectivity index (χ3v) is 4.83. The van der Waals surface area contributed by atoms with E-state index < -0.39 is 11.8 Å². The Kier molecular flexibility index (Phi) is 6.22. The van der Waals surface area contributed by atoms with E-state index in [0.29, 0.717) is 18.0 Å². The van der Waals surface area contributed by atoms with Crippen LogP contribution in [-0.4, -0.2) is 25.5 Å². The molecule has 2 aliphatic rings. The second-order valence-electron chi connectivity index (χ2n) is 6.85. The van der Waals surface area contributed by atoms with E-state index >= 15 is 4.39 Å². The summed E-state index contributed by atoms with van der Waals surface area (Å²) in [4.78, 5) is 26.5. The van der Waals surface area contributed by atoms with E-state index in [9.17, 15) is 9.59 Å². The zero-order valence-electron chi connectivity index (χ0n) is 15.5. The highest BCUT2D eigenvalue weighted by atomic mass is 19.1. The molecule has 4 nitrogen and oxygen atoms in total. The number of amides is 1. The van der Waals surface area contributed by atoms with Gasteiger partial charge in [-0.2, -0.15) is 0 Å². The third kappa shape index (κ3) is 4.73. The lowest BCUT2D eigenvalue weighted by molar-refractivity contribution is -0.114. The molecule has 0 N–H and O–H groups in total. The molecule has 2 aliphatic carbocycles. The Morgan fingerprint density at radius 1 is 1.22 bits per heavy atom. The summed E-state index contributed by atoms with van der Waals surface area (Å²) < 4.78 is 19.7.